The number of piperazine rings is 1. The van der Waals surface area contributed by atoms with E-state index in [1.54, 1.807) is 11.7 Å². The molecule has 0 N–H and O–H groups in total. The van der Waals surface area contributed by atoms with Crippen molar-refractivity contribution in [2.75, 3.05) is 45.9 Å². The molecule has 2 aliphatic rings. The molecule has 5 rings (SSSR count). The lowest BCUT2D eigenvalue weighted by Crippen LogP contribution is -2.48. The number of aromatic nitrogens is 5. The zero-order valence-corrected chi connectivity index (χ0v) is 23.2. The molecular weight excluding hydrogens is 510 g/mol. The number of fused-ring (bicyclic) bond motifs is 1. The number of hydrogen-bond donors (Lipinski definition) is 0. The van der Waals surface area contributed by atoms with Crippen LogP contribution >= 0.6 is 0 Å². The first kappa shape index (κ1) is 26.7. The molecule has 0 aromatic carbocycles. The van der Waals surface area contributed by atoms with Crippen molar-refractivity contribution in [1.29, 1.82) is 0 Å². The van der Waals surface area contributed by atoms with Gasteiger partial charge in [-0.1, -0.05) is 13.8 Å². The average Bonchev–Trinajstić information content (AvgIpc) is 3.59. The second-order valence-electron chi connectivity index (χ2n) is 9.50. The van der Waals surface area contributed by atoms with Crippen molar-refractivity contribution < 1.29 is 17.9 Å². The molecule has 5 heterocycles. The van der Waals surface area contributed by atoms with Crippen molar-refractivity contribution in [2.24, 2.45) is 7.05 Å². The van der Waals surface area contributed by atoms with Crippen LogP contribution in [0.1, 0.15) is 45.5 Å². The minimum absolute atomic E-state index is 0.0426. The molecule has 206 valence electrons. The maximum atomic E-state index is 13.6. The van der Waals surface area contributed by atoms with Gasteiger partial charge in [-0.2, -0.15) is 9.40 Å². The summed E-state index contributed by atoms with van der Waals surface area (Å²) in [6.45, 7) is 9.88. The highest BCUT2D eigenvalue weighted by Gasteiger charge is 2.31. The summed E-state index contributed by atoms with van der Waals surface area (Å²) in [5.74, 6) is 0.488. The quantitative estimate of drug-likeness (QED) is 0.417. The van der Waals surface area contributed by atoms with Gasteiger partial charge in [0, 0.05) is 39.8 Å². The molecule has 3 aromatic heterocycles. The Morgan fingerprint density at radius 2 is 1.89 bits per heavy atom. The number of hydrogen-bond acceptors (Lipinski definition) is 9. The van der Waals surface area contributed by atoms with Gasteiger partial charge in [0.05, 0.1) is 24.1 Å². The lowest BCUT2D eigenvalue weighted by molar-refractivity contribution is 0.0451. The number of rotatable bonds is 8. The second kappa shape index (κ2) is 10.7. The van der Waals surface area contributed by atoms with Crippen LogP contribution in [0.4, 0.5) is 0 Å². The van der Waals surface area contributed by atoms with Gasteiger partial charge in [-0.3, -0.25) is 9.36 Å². The summed E-state index contributed by atoms with van der Waals surface area (Å²) in [6, 6.07) is 1.52. The summed E-state index contributed by atoms with van der Waals surface area (Å²) in [7, 11) is -2.20. The van der Waals surface area contributed by atoms with Crippen molar-refractivity contribution in [3.8, 4) is 17.3 Å². The lowest BCUT2D eigenvalue weighted by atomic mass is 10.2. The van der Waals surface area contributed by atoms with Crippen molar-refractivity contribution in [2.45, 2.75) is 51.2 Å². The van der Waals surface area contributed by atoms with Crippen molar-refractivity contribution in [3.63, 3.8) is 0 Å². The van der Waals surface area contributed by atoms with Gasteiger partial charge in [-0.25, -0.2) is 23.1 Å². The molecule has 1 atom stereocenters. The van der Waals surface area contributed by atoms with E-state index < -0.39 is 10.0 Å². The highest BCUT2D eigenvalue weighted by molar-refractivity contribution is 7.89. The number of aryl methyl sites for hydroxylation is 1. The van der Waals surface area contributed by atoms with Gasteiger partial charge >= 0.3 is 0 Å². The van der Waals surface area contributed by atoms with Gasteiger partial charge in [0.15, 0.2) is 11.7 Å². The molecule has 0 amide bonds. The Hall–Kier alpha value is -2.87. The van der Waals surface area contributed by atoms with Crippen molar-refractivity contribution in [1.82, 2.24) is 33.5 Å². The molecule has 38 heavy (non-hydrogen) atoms. The van der Waals surface area contributed by atoms with Gasteiger partial charge in [0.2, 0.25) is 15.9 Å². The van der Waals surface area contributed by atoms with E-state index in [9.17, 15) is 13.2 Å². The Labute approximate surface area is 222 Å². The first-order chi connectivity index (χ1) is 18.3. The van der Waals surface area contributed by atoms with Gasteiger partial charge in [0.1, 0.15) is 16.2 Å². The van der Waals surface area contributed by atoms with Crippen LogP contribution in [0.3, 0.4) is 0 Å². The summed E-state index contributed by atoms with van der Waals surface area (Å²) in [4.78, 5) is 25.0. The minimum atomic E-state index is -3.80. The number of pyridine rings is 1. The Balaban J connectivity index is 1.64. The van der Waals surface area contributed by atoms with Gasteiger partial charge in [-0.15, -0.1) is 0 Å². The van der Waals surface area contributed by atoms with Crippen LogP contribution in [0, 0.1) is 0 Å². The highest BCUT2D eigenvalue weighted by Crippen LogP contribution is 2.32. The third-order valence-corrected chi connectivity index (χ3v) is 9.17. The second-order valence-corrected chi connectivity index (χ2v) is 11.4. The van der Waals surface area contributed by atoms with Crippen molar-refractivity contribution >= 4 is 21.1 Å². The van der Waals surface area contributed by atoms with Gasteiger partial charge in [-0.05, 0) is 38.8 Å². The van der Waals surface area contributed by atoms with E-state index in [1.807, 2.05) is 13.8 Å². The maximum Gasteiger partial charge on any atom is 0.281 e. The van der Waals surface area contributed by atoms with Crippen LogP contribution in [-0.4, -0.2) is 87.9 Å². The SMILES string of the molecule is CCOc1ncc(S(=O)(=O)N2CCN(CC)CC2)cc1-c1nc2c(CC)n(C3CCCO3)nc2c(=O)n1C. The fraction of sp³-hybridized carbons (Fsp3) is 0.600. The van der Waals surface area contributed by atoms with Crippen LogP contribution in [0.2, 0.25) is 0 Å². The van der Waals surface area contributed by atoms with Crippen LogP contribution in [0.5, 0.6) is 5.88 Å². The Morgan fingerprint density at radius 1 is 1.13 bits per heavy atom. The van der Waals surface area contributed by atoms with Gasteiger partial charge in [0.25, 0.3) is 5.56 Å². The molecule has 13 heteroatoms. The van der Waals surface area contributed by atoms with Crippen molar-refractivity contribution in [3.05, 3.63) is 28.3 Å². The molecule has 2 aliphatic heterocycles. The molecular formula is C25H35N7O5S. The number of likely N-dealkylation sites (N-methyl/N-ethyl adjacent to an activating group) is 1. The monoisotopic (exact) mass is 545 g/mol. The first-order valence-corrected chi connectivity index (χ1v) is 14.7. The summed E-state index contributed by atoms with van der Waals surface area (Å²) in [6.07, 6.45) is 3.44. The van der Waals surface area contributed by atoms with E-state index in [2.05, 4.69) is 21.9 Å². The average molecular weight is 546 g/mol. The van der Waals surface area contributed by atoms with E-state index in [4.69, 9.17) is 14.5 Å². The summed E-state index contributed by atoms with van der Waals surface area (Å²) < 4.78 is 43.3. The summed E-state index contributed by atoms with van der Waals surface area (Å²) in [5, 5.41) is 4.59. The maximum absolute atomic E-state index is 13.6. The zero-order valence-electron chi connectivity index (χ0n) is 22.4. The third-order valence-electron chi connectivity index (χ3n) is 7.30. The summed E-state index contributed by atoms with van der Waals surface area (Å²) >= 11 is 0. The normalized spacial score (nSPS) is 19.4. The first-order valence-electron chi connectivity index (χ1n) is 13.3. The molecule has 0 bridgehead atoms. The Morgan fingerprint density at radius 3 is 2.53 bits per heavy atom. The lowest BCUT2D eigenvalue weighted by Gasteiger charge is -2.33. The standard InChI is InChI=1S/C25H35N7O5S/c1-5-19-21-22(28-32(19)20-9-8-14-37-20)25(33)29(4)23(27-21)18-15-17(16-26-24(18)36-7-3)38(34,35)31-12-10-30(6-2)11-13-31/h15-16,20H,5-14H2,1-4H3. The molecule has 0 spiro atoms. The van der Waals surface area contributed by atoms with E-state index in [-0.39, 0.29) is 33.9 Å². The summed E-state index contributed by atoms with van der Waals surface area (Å²) in [5.41, 5.74) is 1.55. The zero-order chi connectivity index (χ0) is 27.0. The topological polar surface area (TPSA) is 125 Å². The molecule has 1 unspecified atom stereocenters. The van der Waals surface area contributed by atoms with Crippen LogP contribution in [-0.2, 0) is 28.2 Å². The molecule has 2 saturated heterocycles. The van der Waals surface area contributed by atoms with Crippen LogP contribution in [0.15, 0.2) is 22.0 Å². The number of sulfonamides is 1. The number of nitrogens with zero attached hydrogens (tertiary/aromatic N) is 7. The number of ether oxygens (including phenoxy) is 2. The fourth-order valence-corrected chi connectivity index (χ4v) is 6.54. The van der Waals surface area contributed by atoms with Crippen LogP contribution in [0.25, 0.3) is 22.4 Å². The predicted octanol–water partition coefficient (Wildman–Crippen LogP) is 1.79. The van der Waals surface area contributed by atoms with Crippen LogP contribution < -0.4 is 10.3 Å². The molecule has 12 nitrogen and oxygen atoms in total. The molecule has 2 fully saturated rings. The Kier molecular flexibility index (Phi) is 7.54. The predicted molar refractivity (Wildman–Crippen MR) is 142 cm³/mol. The molecule has 0 radical (unpaired) electrons. The molecule has 3 aromatic rings. The fourth-order valence-electron chi connectivity index (χ4n) is 5.14. The van der Waals surface area contributed by atoms with E-state index in [1.165, 1.54) is 21.1 Å². The van der Waals surface area contributed by atoms with Gasteiger partial charge < -0.3 is 14.4 Å². The largest absolute Gasteiger partial charge is 0.477 e. The van der Waals surface area contributed by atoms with E-state index in [0.29, 0.717) is 56.9 Å². The Bertz CT molecular complexity index is 1490. The molecule has 0 aliphatic carbocycles. The third kappa shape index (κ3) is 4.61. The van der Waals surface area contributed by atoms with E-state index >= 15 is 0 Å². The van der Waals surface area contributed by atoms with E-state index in [0.717, 1.165) is 25.1 Å². The smallest absolute Gasteiger partial charge is 0.281 e. The highest BCUT2D eigenvalue weighted by atomic mass is 32.2. The molecule has 0 saturated carbocycles. The minimum Gasteiger partial charge on any atom is -0.477 e.